The second-order valence-corrected chi connectivity index (χ2v) is 4.16. The van der Waals surface area contributed by atoms with Crippen LogP contribution in [0.3, 0.4) is 0 Å². The van der Waals surface area contributed by atoms with E-state index in [4.69, 9.17) is 14.6 Å². The van der Waals surface area contributed by atoms with Gasteiger partial charge in [-0.25, -0.2) is 0 Å². The minimum Gasteiger partial charge on any atom is -0.394 e. The first-order valence-electron chi connectivity index (χ1n) is 4.93. The molecule has 1 saturated heterocycles. The molecule has 2 rings (SSSR count). The molecule has 1 unspecified atom stereocenters. The molecule has 0 aromatic heterocycles. The first-order valence-corrected chi connectivity index (χ1v) is 4.93. The zero-order valence-electron chi connectivity index (χ0n) is 8.46. The molecule has 0 aromatic rings. The topological polar surface area (TPSA) is 99.4 Å². The van der Waals surface area contributed by atoms with Crippen LogP contribution in [0.1, 0.15) is 12.8 Å². The molecule has 4 N–H and O–H groups in total. The van der Waals surface area contributed by atoms with Crippen molar-refractivity contribution in [2.75, 3.05) is 13.7 Å². The lowest BCUT2D eigenvalue weighted by molar-refractivity contribution is -0.436. The molecule has 1 aliphatic carbocycles. The lowest BCUT2D eigenvalue weighted by Crippen LogP contribution is -2.78. The lowest BCUT2D eigenvalue weighted by atomic mass is 9.65. The Morgan fingerprint density at radius 1 is 1.40 bits per heavy atom. The molecular formula is C9H16O6. The van der Waals surface area contributed by atoms with Crippen molar-refractivity contribution in [3.63, 3.8) is 0 Å². The third-order valence-corrected chi connectivity index (χ3v) is 3.54. The highest BCUT2D eigenvalue weighted by Crippen LogP contribution is 2.52. The normalized spacial score (nSPS) is 54.6. The molecule has 15 heavy (non-hydrogen) atoms. The van der Waals surface area contributed by atoms with E-state index in [0.29, 0.717) is 12.8 Å². The maximum absolute atomic E-state index is 10.1. The third-order valence-electron chi connectivity index (χ3n) is 3.54. The Morgan fingerprint density at radius 3 is 2.47 bits per heavy atom. The van der Waals surface area contributed by atoms with Crippen LogP contribution in [0.5, 0.6) is 0 Å². The zero-order valence-corrected chi connectivity index (χ0v) is 8.46. The molecule has 1 saturated carbocycles. The minimum absolute atomic E-state index is 0.303. The number of ether oxygens (including phenoxy) is 2. The molecule has 0 radical (unpaired) electrons. The SMILES string of the molecule is COC12CC[C@@]1(O)[C@@H](O)[C@H](O)[C@@H](CO)O2. The molecule has 6 heteroatoms. The van der Waals surface area contributed by atoms with Crippen LogP contribution in [0.25, 0.3) is 0 Å². The number of fused-ring (bicyclic) bond motifs is 1. The fraction of sp³-hybridized carbons (Fsp3) is 1.00. The van der Waals surface area contributed by atoms with Gasteiger partial charge in [-0.2, -0.15) is 0 Å². The minimum atomic E-state index is -1.58. The lowest BCUT2D eigenvalue weighted by Gasteiger charge is -2.61. The van der Waals surface area contributed by atoms with E-state index in [1.165, 1.54) is 7.11 Å². The van der Waals surface area contributed by atoms with E-state index in [2.05, 4.69) is 0 Å². The molecule has 1 aliphatic heterocycles. The van der Waals surface area contributed by atoms with Crippen LogP contribution >= 0.6 is 0 Å². The number of hydrogen-bond donors (Lipinski definition) is 4. The molecule has 88 valence electrons. The molecular weight excluding hydrogens is 204 g/mol. The average Bonchev–Trinajstić information content (AvgIpc) is 2.25. The van der Waals surface area contributed by atoms with E-state index in [1.807, 2.05) is 0 Å². The van der Waals surface area contributed by atoms with Crippen LogP contribution in [-0.2, 0) is 9.47 Å². The summed E-state index contributed by atoms with van der Waals surface area (Å²) in [5.74, 6) is -1.29. The molecule has 2 fully saturated rings. The Morgan fingerprint density at radius 2 is 2.07 bits per heavy atom. The smallest absolute Gasteiger partial charge is 0.200 e. The van der Waals surface area contributed by atoms with Crippen molar-refractivity contribution in [3.05, 3.63) is 0 Å². The predicted molar refractivity (Wildman–Crippen MR) is 47.9 cm³/mol. The highest BCUT2D eigenvalue weighted by atomic mass is 16.7. The zero-order chi connectivity index (χ0) is 11.3. The second kappa shape index (κ2) is 3.38. The molecule has 0 aromatic carbocycles. The Balaban J connectivity index is 2.27. The van der Waals surface area contributed by atoms with Gasteiger partial charge in [-0.15, -0.1) is 0 Å². The monoisotopic (exact) mass is 220 g/mol. The summed E-state index contributed by atoms with van der Waals surface area (Å²) in [5, 5.41) is 38.4. The van der Waals surface area contributed by atoms with Crippen molar-refractivity contribution in [2.24, 2.45) is 0 Å². The van der Waals surface area contributed by atoms with Gasteiger partial charge in [0.25, 0.3) is 0 Å². The van der Waals surface area contributed by atoms with Gasteiger partial charge in [0.05, 0.1) is 6.61 Å². The van der Waals surface area contributed by atoms with Gasteiger partial charge < -0.3 is 29.9 Å². The van der Waals surface area contributed by atoms with Gasteiger partial charge in [0, 0.05) is 13.5 Å². The summed E-state index contributed by atoms with van der Waals surface area (Å²) in [6, 6.07) is 0. The number of methoxy groups -OCH3 is 1. The first kappa shape index (κ1) is 11.3. The van der Waals surface area contributed by atoms with Crippen LogP contribution in [0.15, 0.2) is 0 Å². The maximum atomic E-state index is 10.1. The average molecular weight is 220 g/mol. The van der Waals surface area contributed by atoms with E-state index in [-0.39, 0.29) is 0 Å². The fourth-order valence-electron chi connectivity index (χ4n) is 2.39. The van der Waals surface area contributed by atoms with Crippen molar-refractivity contribution in [1.29, 1.82) is 0 Å². The Labute approximate surface area is 87.1 Å². The van der Waals surface area contributed by atoms with Gasteiger partial charge in [-0.05, 0) is 6.42 Å². The fourth-order valence-corrected chi connectivity index (χ4v) is 2.39. The van der Waals surface area contributed by atoms with E-state index < -0.39 is 36.3 Å². The van der Waals surface area contributed by atoms with Gasteiger partial charge in [-0.1, -0.05) is 0 Å². The number of aliphatic hydroxyl groups is 4. The van der Waals surface area contributed by atoms with Gasteiger partial charge in [0.15, 0.2) is 5.79 Å². The van der Waals surface area contributed by atoms with Crippen LogP contribution < -0.4 is 0 Å². The number of aliphatic hydroxyl groups excluding tert-OH is 3. The summed E-state index contributed by atoms with van der Waals surface area (Å²) in [4.78, 5) is 0. The summed E-state index contributed by atoms with van der Waals surface area (Å²) in [7, 11) is 1.36. The van der Waals surface area contributed by atoms with Crippen LogP contribution in [0, 0.1) is 0 Å². The van der Waals surface area contributed by atoms with Gasteiger partial charge in [0.2, 0.25) is 0 Å². The summed E-state index contributed by atoms with van der Waals surface area (Å²) in [5.41, 5.74) is -1.58. The van der Waals surface area contributed by atoms with E-state index in [9.17, 15) is 15.3 Å². The van der Waals surface area contributed by atoms with Crippen molar-refractivity contribution in [2.45, 2.75) is 42.5 Å². The van der Waals surface area contributed by atoms with Gasteiger partial charge >= 0.3 is 0 Å². The maximum Gasteiger partial charge on any atom is 0.200 e. The number of hydrogen-bond acceptors (Lipinski definition) is 6. The largest absolute Gasteiger partial charge is 0.394 e. The Kier molecular flexibility index (Phi) is 2.53. The van der Waals surface area contributed by atoms with Crippen molar-refractivity contribution >= 4 is 0 Å². The molecule has 5 atom stereocenters. The van der Waals surface area contributed by atoms with Crippen LogP contribution in [0.2, 0.25) is 0 Å². The van der Waals surface area contributed by atoms with Crippen LogP contribution in [0.4, 0.5) is 0 Å². The number of rotatable bonds is 2. The Hall–Kier alpha value is -0.240. The molecule has 6 nitrogen and oxygen atoms in total. The summed E-state index contributed by atoms with van der Waals surface area (Å²) >= 11 is 0. The summed E-state index contributed by atoms with van der Waals surface area (Å²) in [6.45, 7) is -0.431. The van der Waals surface area contributed by atoms with Crippen molar-refractivity contribution < 1.29 is 29.9 Å². The molecule has 0 amide bonds. The first-order chi connectivity index (χ1) is 7.00. The van der Waals surface area contributed by atoms with Crippen molar-refractivity contribution in [1.82, 2.24) is 0 Å². The summed E-state index contributed by atoms with van der Waals surface area (Å²) < 4.78 is 10.4. The Bertz CT molecular complexity index is 255. The van der Waals surface area contributed by atoms with E-state index >= 15 is 0 Å². The third kappa shape index (κ3) is 1.20. The second-order valence-electron chi connectivity index (χ2n) is 4.16. The van der Waals surface area contributed by atoms with Gasteiger partial charge in [-0.3, -0.25) is 0 Å². The van der Waals surface area contributed by atoms with E-state index in [0.717, 1.165) is 0 Å². The van der Waals surface area contributed by atoms with Gasteiger partial charge in [0.1, 0.15) is 23.9 Å². The quantitative estimate of drug-likeness (QED) is 0.428. The van der Waals surface area contributed by atoms with E-state index in [1.54, 1.807) is 0 Å². The molecule has 0 bridgehead atoms. The highest BCUT2D eigenvalue weighted by molar-refractivity contribution is 5.15. The highest BCUT2D eigenvalue weighted by Gasteiger charge is 2.70. The van der Waals surface area contributed by atoms with Crippen molar-refractivity contribution in [3.8, 4) is 0 Å². The standard InChI is InChI=1S/C9H16O6/c1-14-9-3-2-8(9,13)7(12)6(11)5(4-10)15-9/h5-7,10-13H,2-4H2,1H3/t5-,6-,7+,8-,9?/m1/s1. The molecule has 1 heterocycles. The van der Waals surface area contributed by atoms with Crippen LogP contribution in [-0.4, -0.2) is 63.8 Å². The molecule has 0 spiro atoms. The molecule has 2 aliphatic rings. The summed E-state index contributed by atoms with van der Waals surface area (Å²) in [6.07, 6.45) is -2.86. The predicted octanol–water partition coefficient (Wildman–Crippen LogP) is -2.03.